The minimum Gasteiger partial charge on any atom is -0.371 e. The Morgan fingerprint density at radius 2 is 1.93 bits per heavy atom. The first-order valence-electron chi connectivity index (χ1n) is 9.87. The number of benzene rings is 1. The maximum atomic E-state index is 13.2. The van der Waals surface area contributed by atoms with Crippen molar-refractivity contribution in [2.75, 3.05) is 31.8 Å². The Morgan fingerprint density at radius 1 is 1.24 bits per heavy atom. The van der Waals surface area contributed by atoms with E-state index >= 15 is 0 Å². The standard InChI is InChI=1S/C20H30N4O3S2/c1-5-28-13-12-21-20(28)22-19(25)17-14-16(29(26,27)23(2)3)10-11-18(17)24(4)15-8-6-7-9-15/h10-15,28H,5-9H2,1-4H3,(H,21,22,25). The molecule has 1 saturated carbocycles. The molecule has 160 valence electrons. The molecule has 0 saturated heterocycles. The Hall–Kier alpha value is -1.84. The number of amides is 1. The highest BCUT2D eigenvalue weighted by Gasteiger charge is 2.27. The largest absolute Gasteiger partial charge is 0.371 e. The van der Waals surface area contributed by atoms with Crippen LogP contribution in [0.3, 0.4) is 0 Å². The molecule has 7 nitrogen and oxygen atoms in total. The van der Waals surface area contributed by atoms with E-state index in [2.05, 4.69) is 22.1 Å². The van der Waals surface area contributed by atoms with Crippen LogP contribution < -0.4 is 10.2 Å². The molecule has 1 fully saturated rings. The van der Waals surface area contributed by atoms with Crippen molar-refractivity contribution in [2.45, 2.75) is 43.5 Å². The van der Waals surface area contributed by atoms with Crippen molar-refractivity contribution in [1.82, 2.24) is 9.62 Å². The molecule has 1 aliphatic carbocycles. The zero-order valence-electron chi connectivity index (χ0n) is 17.4. The number of carbonyl (C=O) groups is 1. The Labute approximate surface area is 176 Å². The molecule has 1 unspecified atom stereocenters. The van der Waals surface area contributed by atoms with Crippen LogP contribution in [-0.2, 0) is 10.0 Å². The number of hydrogen-bond donors (Lipinski definition) is 2. The van der Waals surface area contributed by atoms with Gasteiger partial charge >= 0.3 is 0 Å². The molecule has 0 spiro atoms. The lowest BCUT2D eigenvalue weighted by Crippen LogP contribution is -2.34. The molecule has 1 N–H and O–H groups in total. The predicted molar refractivity (Wildman–Crippen MR) is 122 cm³/mol. The minimum atomic E-state index is -3.64. The minimum absolute atomic E-state index is 0.112. The summed E-state index contributed by atoms with van der Waals surface area (Å²) in [5.41, 5.74) is 1.11. The van der Waals surface area contributed by atoms with Gasteiger partial charge in [-0.2, -0.15) is 10.9 Å². The van der Waals surface area contributed by atoms with Gasteiger partial charge in [0.1, 0.15) is 0 Å². The van der Waals surface area contributed by atoms with Gasteiger partial charge in [-0.05, 0) is 42.2 Å². The summed E-state index contributed by atoms with van der Waals surface area (Å²) in [6, 6.07) is 5.18. The summed E-state index contributed by atoms with van der Waals surface area (Å²) in [5.74, 6) is 0.582. The summed E-state index contributed by atoms with van der Waals surface area (Å²) in [5, 5.41) is 5.62. The van der Waals surface area contributed by atoms with E-state index in [1.807, 2.05) is 12.5 Å². The monoisotopic (exact) mass is 438 g/mol. The summed E-state index contributed by atoms with van der Waals surface area (Å²) in [4.78, 5) is 19.7. The summed E-state index contributed by atoms with van der Waals surface area (Å²) in [6.45, 7) is 2.06. The lowest BCUT2D eigenvalue weighted by Gasteiger charge is -2.29. The van der Waals surface area contributed by atoms with E-state index in [-0.39, 0.29) is 10.8 Å². The van der Waals surface area contributed by atoms with E-state index < -0.39 is 20.9 Å². The van der Waals surface area contributed by atoms with Gasteiger partial charge in [0.15, 0.2) is 5.17 Å². The SMILES string of the molecule is CC[SH]1C=CN=C1NC(=O)c1cc(S(=O)(=O)N(C)C)ccc1N(C)C1CCCC1. The second kappa shape index (κ2) is 8.89. The highest BCUT2D eigenvalue weighted by atomic mass is 32.2. The van der Waals surface area contributed by atoms with E-state index in [4.69, 9.17) is 0 Å². The summed E-state index contributed by atoms with van der Waals surface area (Å²) < 4.78 is 26.4. The van der Waals surface area contributed by atoms with Crippen LogP contribution in [0.1, 0.15) is 43.0 Å². The molecule has 3 rings (SSSR count). The molecule has 1 atom stereocenters. The highest BCUT2D eigenvalue weighted by molar-refractivity contribution is 8.32. The lowest BCUT2D eigenvalue weighted by atomic mass is 10.1. The maximum Gasteiger partial charge on any atom is 0.259 e. The predicted octanol–water partition coefficient (Wildman–Crippen LogP) is 2.91. The number of nitrogens with zero attached hydrogens (tertiary/aromatic N) is 3. The highest BCUT2D eigenvalue weighted by Crippen LogP contribution is 2.33. The number of amidine groups is 1. The van der Waals surface area contributed by atoms with Crippen molar-refractivity contribution in [2.24, 2.45) is 4.99 Å². The van der Waals surface area contributed by atoms with E-state index in [1.165, 1.54) is 33.0 Å². The molecule has 0 aromatic heterocycles. The number of carbonyl (C=O) groups excluding carboxylic acids is 1. The first-order chi connectivity index (χ1) is 13.8. The van der Waals surface area contributed by atoms with Crippen LogP contribution in [0.2, 0.25) is 0 Å². The normalized spacial score (nSPS) is 20.9. The molecule has 0 bridgehead atoms. The fourth-order valence-corrected chi connectivity index (χ4v) is 5.99. The molecular formula is C20H30N4O3S2. The Balaban J connectivity index is 1.99. The number of aliphatic imine (C=N–C) groups is 1. The average Bonchev–Trinajstić information content (AvgIpc) is 3.38. The topological polar surface area (TPSA) is 82.1 Å². The molecule has 9 heteroatoms. The van der Waals surface area contributed by atoms with Crippen LogP contribution in [-0.4, -0.2) is 56.7 Å². The van der Waals surface area contributed by atoms with Crippen molar-refractivity contribution in [3.8, 4) is 0 Å². The van der Waals surface area contributed by atoms with Gasteiger partial charge < -0.3 is 10.2 Å². The van der Waals surface area contributed by atoms with Crippen LogP contribution >= 0.6 is 10.9 Å². The summed E-state index contributed by atoms with van der Waals surface area (Å²) in [7, 11) is 0.709. The van der Waals surface area contributed by atoms with Gasteiger partial charge in [0.05, 0.1) is 10.5 Å². The molecule has 1 aromatic carbocycles. The van der Waals surface area contributed by atoms with Crippen LogP contribution in [0.5, 0.6) is 0 Å². The number of nitrogens with one attached hydrogen (secondary N) is 1. The molecule has 2 aliphatic rings. The van der Waals surface area contributed by atoms with E-state index in [1.54, 1.807) is 18.3 Å². The number of sulfonamides is 1. The number of thiol groups is 1. The quantitative estimate of drug-likeness (QED) is 0.669. The van der Waals surface area contributed by atoms with Crippen LogP contribution in [0.25, 0.3) is 0 Å². The maximum absolute atomic E-state index is 13.2. The zero-order valence-corrected chi connectivity index (χ0v) is 19.1. The van der Waals surface area contributed by atoms with Gasteiger partial charge in [-0.3, -0.25) is 4.79 Å². The first-order valence-corrected chi connectivity index (χ1v) is 12.9. The van der Waals surface area contributed by atoms with Gasteiger partial charge in [0, 0.05) is 39.1 Å². The third-order valence-corrected chi connectivity index (χ3v) is 9.28. The Bertz CT molecular complexity index is 935. The molecule has 1 aliphatic heterocycles. The second-order valence-electron chi connectivity index (χ2n) is 7.51. The number of anilines is 1. The molecule has 1 aromatic rings. The lowest BCUT2D eigenvalue weighted by molar-refractivity contribution is 0.0978. The molecule has 1 heterocycles. The zero-order chi connectivity index (χ0) is 21.2. The van der Waals surface area contributed by atoms with Gasteiger partial charge in [0.25, 0.3) is 5.91 Å². The van der Waals surface area contributed by atoms with Gasteiger partial charge in [0.2, 0.25) is 10.0 Å². The fourth-order valence-electron chi connectivity index (χ4n) is 3.72. The molecular weight excluding hydrogens is 408 g/mol. The van der Waals surface area contributed by atoms with Gasteiger partial charge in [-0.1, -0.05) is 19.8 Å². The van der Waals surface area contributed by atoms with E-state index in [0.29, 0.717) is 16.8 Å². The first kappa shape index (κ1) is 21.9. The van der Waals surface area contributed by atoms with Crippen molar-refractivity contribution < 1.29 is 13.2 Å². The average molecular weight is 439 g/mol. The van der Waals surface area contributed by atoms with Crippen molar-refractivity contribution >= 4 is 37.7 Å². The summed E-state index contributed by atoms with van der Waals surface area (Å²) >= 11 is 0. The van der Waals surface area contributed by atoms with E-state index in [9.17, 15) is 13.2 Å². The van der Waals surface area contributed by atoms with Crippen LogP contribution in [0, 0.1) is 0 Å². The Kier molecular flexibility index (Phi) is 6.70. The second-order valence-corrected chi connectivity index (χ2v) is 12.0. The van der Waals surface area contributed by atoms with Crippen molar-refractivity contribution in [3.63, 3.8) is 0 Å². The molecule has 0 radical (unpaired) electrons. The van der Waals surface area contributed by atoms with Crippen molar-refractivity contribution in [1.29, 1.82) is 0 Å². The van der Waals surface area contributed by atoms with Gasteiger partial charge in [-0.15, -0.1) is 0 Å². The molecule has 29 heavy (non-hydrogen) atoms. The smallest absolute Gasteiger partial charge is 0.259 e. The van der Waals surface area contributed by atoms with E-state index in [0.717, 1.165) is 28.6 Å². The number of hydrogen-bond acceptors (Lipinski definition) is 5. The third-order valence-electron chi connectivity index (χ3n) is 5.53. The fraction of sp³-hybridized carbons (Fsp3) is 0.500. The van der Waals surface area contributed by atoms with Gasteiger partial charge in [-0.25, -0.2) is 17.7 Å². The van der Waals surface area contributed by atoms with Crippen molar-refractivity contribution in [3.05, 3.63) is 35.4 Å². The van der Waals surface area contributed by atoms with Crippen LogP contribution in [0.15, 0.2) is 39.7 Å². The number of rotatable bonds is 6. The summed E-state index contributed by atoms with van der Waals surface area (Å²) in [6.07, 6.45) is 6.23. The van der Waals surface area contributed by atoms with Crippen LogP contribution in [0.4, 0.5) is 5.69 Å². The molecule has 1 amide bonds. The third kappa shape index (κ3) is 4.51. The Morgan fingerprint density at radius 3 is 2.55 bits per heavy atom.